The molecule has 2 aliphatic rings. The fourth-order valence-electron chi connectivity index (χ4n) is 4.65. The maximum absolute atomic E-state index is 13.9. The molecule has 1 amide bonds. The van der Waals surface area contributed by atoms with Crippen LogP contribution in [0.15, 0.2) is 65.8 Å². The molecule has 8 nitrogen and oxygen atoms in total. The Kier molecular flexibility index (Phi) is 8.49. The Hall–Kier alpha value is -3.28. The summed E-state index contributed by atoms with van der Waals surface area (Å²) in [5, 5.41) is 11.2. The second kappa shape index (κ2) is 11.6. The van der Waals surface area contributed by atoms with Crippen molar-refractivity contribution in [2.45, 2.75) is 31.4 Å². The van der Waals surface area contributed by atoms with E-state index in [9.17, 15) is 18.0 Å². The van der Waals surface area contributed by atoms with Crippen LogP contribution in [0.25, 0.3) is 0 Å². The number of hydrogen-bond acceptors (Lipinski definition) is 6. The van der Waals surface area contributed by atoms with Gasteiger partial charge in [0.05, 0.1) is 37.5 Å². The zero-order valence-corrected chi connectivity index (χ0v) is 21.7. The average Bonchev–Trinajstić information content (AvgIpc) is 3.27. The Morgan fingerprint density at radius 2 is 2.11 bits per heavy atom. The van der Waals surface area contributed by atoms with Crippen molar-refractivity contribution in [3.63, 3.8) is 0 Å². The SMILES string of the molecule is C/C=C1/C(C(F)(F)F)=CC(CNCCOC)=CN1C(=O)Cc1cccc(C2(Cc3nncn3C)COC2)c1. The molecule has 1 fully saturated rings. The zero-order chi connectivity index (χ0) is 27.3. The number of alkyl halides is 3. The first-order chi connectivity index (χ1) is 18.2. The molecule has 0 saturated carbocycles. The van der Waals surface area contributed by atoms with E-state index >= 15 is 0 Å². The molecular weight excluding hydrogens is 499 g/mol. The van der Waals surface area contributed by atoms with E-state index in [1.165, 1.54) is 19.2 Å². The quantitative estimate of drug-likeness (QED) is 0.475. The number of benzene rings is 1. The van der Waals surface area contributed by atoms with Crippen LogP contribution in [0.3, 0.4) is 0 Å². The van der Waals surface area contributed by atoms with Gasteiger partial charge in [-0.05, 0) is 29.7 Å². The molecule has 2 aliphatic heterocycles. The summed E-state index contributed by atoms with van der Waals surface area (Å²) in [5.74, 6) is 0.371. The molecule has 1 N–H and O–H groups in total. The molecule has 0 spiro atoms. The lowest BCUT2D eigenvalue weighted by Gasteiger charge is -2.42. The Morgan fingerprint density at radius 3 is 2.71 bits per heavy atom. The number of ether oxygens (including phenoxy) is 2. The molecule has 1 aromatic heterocycles. The van der Waals surface area contributed by atoms with Crippen LogP contribution in [-0.2, 0) is 39.6 Å². The maximum Gasteiger partial charge on any atom is 0.418 e. The topological polar surface area (TPSA) is 81.5 Å². The van der Waals surface area contributed by atoms with E-state index in [1.54, 1.807) is 13.4 Å². The van der Waals surface area contributed by atoms with Crippen molar-refractivity contribution < 1.29 is 27.4 Å². The maximum atomic E-state index is 13.9. The number of amides is 1. The van der Waals surface area contributed by atoms with Crippen LogP contribution in [0.1, 0.15) is 23.9 Å². The molecule has 1 saturated heterocycles. The highest BCUT2D eigenvalue weighted by molar-refractivity contribution is 5.83. The fraction of sp³-hybridized carbons (Fsp3) is 0.444. The van der Waals surface area contributed by atoms with Crippen molar-refractivity contribution in [2.75, 3.05) is 40.0 Å². The van der Waals surface area contributed by atoms with Gasteiger partial charge in [-0.3, -0.25) is 9.69 Å². The normalized spacial score (nSPS) is 18.3. The number of carbonyl (C=O) groups excluding carboxylic acids is 1. The van der Waals surface area contributed by atoms with Crippen LogP contribution in [-0.4, -0.2) is 71.8 Å². The van der Waals surface area contributed by atoms with Crippen molar-refractivity contribution in [3.8, 4) is 0 Å². The van der Waals surface area contributed by atoms with Gasteiger partial charge >= 0.3 is 6.18 Å². The van der Waals surface area contributed by atoms with Gasteiger partial charge in [0.25, 0.3) is 0 Å². The molecule has 0 unspecified atom stereocenters. The first kappa shape index (κ1) is 27.7. The number of carbonyl (C=O) groups is 1. The van der Waals surface area contributed by atoms with E-state index in [2.05, 4.69) is 15.5 Å². The third kappa shape index (κ3) is 6.06. The van der Waals surface area contributed by atoms with Gasteiger partial charge in [0, 0.05) is 45.3 Å². The largest absolute Gasteiger partial charge is 0.418 e. The number of allylic oxidation sites excluding steroid dienone is 2. The molecule has 3 heterocycles. The first-order valence-electron chi connectivity index (χ1n) is 12.3. The number of methoxy groups -OCH3 is 1. The predicted octanol–water partition coefficient (Wildman–Crippen LogP) is 3.22. The molecule has 2 aromatic rings. The molecular formula is C27H32F3N5O3. The Labute approximate surface area is 219 Å². The molecule has 0 atom stereocenters. The van der Waals surface area contributed by atoms with Crippen molar-refractivity contribution in [1.82, 2.24) is 25.0 Å². The highest BCUT2D eigenvalue weighted by atomic mass is 19.4. The number of halogens is 3. The average molecular weight is 532 g/mol. The Balaban J connectivity index is 1.56. The molecule has 4 rings (SSSR count). The van der Waals surface area contributed by atoms with Crippen LogP contribution in [0.5, 0.6) is 0 Å². The number of nitrogens with zero attached hydrogens (tertiary/aromatic N) is 4. The summed E-state index contributed by atoms with van der Waals surface area (Å²) in [5.41, 5.74) is 0.746. The summed E-state index contributed by atoms with van der Waals surface area (Å²) in [6.07, 6.45) is 1.49. The molecule has 11 heteroatoms. The lowest BCUT2D eigenvalue weighted by Crippen LogP contribution is -2.49. The van der Waals surface area contributed by atoms with Crippen molar-refractivity contribution >= 4 is 5.91 Å². The second-order valence-electron chi connectivity index (χ2n) is 9.55. The van der Waals surface area contributed by atoms with E-state index in [4.69, 9.17) is 9.47 Å². The minimum atomic E-state index is -4.61. The summed E-state index contributed by atoms with van der Waals surface area (Å²) < 4.78 is 54.2. The van der Waals surface area contributed by atoms with Gasteiger partial charge in [-0.1, -0.05) is 30.3 Å². The minimum absolute atomic E-state index is 0.0574. The lowest BCUT2D eigenvalue weighted by molar-refractivity contribution is -0.127. The van der Waals surface area contributed by atoms with Crippen molar-refractivity contribution in [3.05, 3.63) is 82.7 Å². The molecule has 0 aliphatic carbocycles. The standard InChI is InChI=1S/C27H32F3N5O3/c1-4-23-22(27(28,29)30)11-20(14-31-8-9-37-3)15-35(23)25(36)12-19-6-5-7-21(10-19)26(16-38-17-26)13-24-33-32-18-34(24)2/h4-7,10-11,15,18,31H,8-9,12-14,16-17H2,1-3H3/b23-4-. The van der Waals surface area contributed by atoms with E-state index in [-0.39, 0.29) is 24.1 Å². The monoisotopic (exact) mass is 531 g/mol. The zero-order valence-electron chi connectivity index (χ0n) is 21.7. The second-order valence-corrected chi connectivity index (χ2v) is 9.55. The molecule has 0 bridgehead atoms. The Bertz CT molecular complexity index is 1240. The first-order valence-corrected chi connectivity index (χ1v) is 12.3. The fourth-order valence-corrected chi connectivity index (χ4v) is 4.65. The third-order valence-corrected chi connectivity index (χ3v) is 6.77. The van der Waals surface area contributed by atoms with Crippen LogP contribution < -0.4 is 5.32 Å². The molecule has 204 valence electrons. The summed E-state index contributed by atoms with van der Waals surface area (Å²) >= 11 is 0. The molecule has 0 radical (unpaired) electrons. The van der Waals surface area contributed by atoms with Crippen molar-refractivity contribution in [2.24, 2.45) is 7.05 Å². The smallest absolute Gasteiger partial charge is 0.383 e. The summed E-state index contributed by atoms with van der Waals surface area (Å²) in [7, 11) is 3.43. The number of hydrogen-bond donors (Lipinski definition) is 1. The minimum Gasteiger partial charge on any atom is -0.383 e. The summed E-state index contributed by atoms with van der Waals surface area (Å²) in [4.78, 5) is 14.6. The highest BCUT2D eigenvalue weighted by Gasteiger charge is 2.42. The highest BCUT2D eigenvalue weighted by Crippen LogP contribution is 2.38. The number of nitrogens with one attached hydrogen (secondary N) is 1. The number of rotatable bonds is 10. The summed E-state index contributed by atoms with van der Waals surface area (Å²) in [6.45, 7) is 3.58. The van der Waals surface area contributed by atoms with Crippen LogP contribution in [0.2, 0.25) is 0 Å². The van der Waals surface area contributed by atoms with E-state index in [1.807, 2.05) is 35.9 Å². The van der Waals surface area contributed by atoms with Crippen LogP contribution in [0, 0.1) is 0 Å². The third-order valence-electron chi connectivity index (χ3n) is 6.77. The predicted molar refractivity (Wildman–Crippen MR) is 135 cm³/mol. The van der Waals surface area contributed by atoms with E-state index < -0.39 is 17.7 Å². The van der Waals surface area contributed by atoms with Gasteiger partial charge in [-0.15, -0.1) is 10.2 Å². The number of aromatic nitrogens is 3. The van der Waals surface area contributed by atoms with Gasteiger partial charge in [0.1, 0.15) is 12.2 Å². The van der Waals surface area contributed by atoms with E-state index in [0.29, 0.717) is 43.9 Å². The molecule has 1 aromatic carbocycles. The van der Waals surface area contributed by atoms with Crippen molar-refractivity contribution in [1.29, 1.82) is 0 Å². The van der Waals surface area contributed by atoms with Gasteiger partial charge < -0.3 is 19.4 Å². The van der Waals surface area contributed by atoms with Gasteiger partial charge in [-0.2, -0.15) is 13.2 Å². The molecule has 38 heavy (non-hydrogen) atoms. The lowest BCUT2D eigenvalue weighted by atomic mass is 9.75. The van der Waals surface area contributed by atoms with Gasteiger partial charge in [0.15, 0.2) is 0 Å². The van der Waals surface area contributed by atoms with Crippen LogP contribution in [0.4, 0.5) is 13.2 Å². The van der Waals surface area contributed by atoms with E-state index in [0.717, 1.165) is 22.4 Å². The summed E-state index contributed by atoms with van der Waals surface area (Å²) in [6, 6.07) is 7.60. The number of aryl methyl sites for hydroxylation is 1. The van der Waals surface area contributed by atoms with Gasteiger partial charge in [0.2, 0.25) is 5.91 Å². The van der Waals surface area contributed by atoms with Crippen LogP contribution >= 0.6 is 0 Å². The Morgan fingerprint density at radius 1 is 1.32 bits per heavy atom. The van der Waals surface area contributed by atoms with Gasteiger partial charge in [-0.25, -0.2) is 0 Å².